The SMILES string of the molecule is Cl.O=[N+]([O-])c1ccc(N2CCNCC2)cc1N1CCCCCC1. The Morgan fingerprint density at radius 1 is 0.957 bits per heavy atom. The molecule has 0 saturated carbocycles. The van der Waals surface area contributed by atoms with E-state index in [9.17, 15) is 10.1 Å². The molecular weight excluding hydrogens is 316 g/mol. The average molecular weight is 341 g/mol. The van der Waals surface area contributed by atoms with Crippen molar-refractivity contribution in [1.29, 1.82) is 0 Å². The van der Waals surface area contributed by atoms with Crippen LogP contribution in [0.5, 0.6) is 0 Å². The Hall–Kier alpha value is -1.53. The molecule has 2 aliphatic rings. The number of nitrogens with zero attached hydrogens (tertiary/aromatic N) is 3. The van der Waals surface area contributed by atoms with Gasteiger partial charge in [0.2, 0.25) is 0 Å². The molecule has 2 heterocycles. The molecule has 2 aliphatic heterocycles. The van der Waals surface area contributed by atoms with Gasteiger partial charge in [0.1, 0.15) is 5.69 Å². The van der Waals surface area contributed by atoms with E-state index >= 15 is 0 Å². The van der Waals surface area contributed by atoms with Gasteiger partial charge in [-0.15, -0.1) is 12.4 Å². The largest absolute Gasteiger partial charge is 0.369 e. The second-order valence-electron chi connectivity index (χ2n) is 6.07. The van der Waals surface area contributed by atoms with Crippen LogP contribution >= 0.6 is 12.4 Å². The maximum Gasteiger partial charge on any atom is 0.292 e. The number of anilines is 2. The van der Waals surface area contributed by atoms with Gasteiger partial charge in [-0.2, -0.15) is 0 Å². The van der Waals surface area contributed by atoms with Crippen LogP contribution in [-0.4, -0.2) is 44.2 Å². The van der Waals surface area contributed by atoms with Crippen LogP contribution in [0, 0.1) is 10.1 Å². The van der Waals surface area contributed by atoms with Gasteiger partial charge in [0.15, 0.2) is 0 Å². The van der Waals surface area contributed by atoms with Gasteiger partial charge >= 0.3 is 0 Å². The zero-order chi connectivity index (χ0) is 15.4. The van der Waals surface area contributed by atoms with Crippen molar-refractivity contribution in [2.75, 3.05) is 49.1 Å². The van der Waals surface area contributed by atoms with Crippen molar-refractivity contribution < 1.29 is 4.92 Å². The number of nitro benzene ring substituents is 1. The van der Waals surface area contributed by atoms with Crippen LogP contribution in [-0.2, 0) is 0 Å². The number of hydrogen-bond acceptors (Lipinski definition) is 5. The molecular formula is C16H25ClN4O2. The molecule has 128 valence electrons. The smallest absolute Gasteiger partial charge is 0.292 e. The third kappa shape index (κ3) is 4.26. The summed E-state index contributed by atoms with van der Waals surface area (Å²) < 4.78 is 0. The lowest BCUT2D eigenvalue weighted by molar-refractivity contribution is -0.384. The van der Waals surface area contributed by atoms with Crippen molar-refractivity contribution in [2.45, 2.75) is 25.7 Å². The first-order valence-corrected chi connectivity index (χ1v) is 8.25. The van der Waals surface area contributed by atoms with Crippen LogP contribution in [0.15, 0.2) is 18.2 Å². The number of nitro groups is 1. The van der Waals surface area contributed by atoms with Crippen LogP contribution in [0.25, 0.3) is 0 Å². The van der Waals surface area contributed by atoms with Crippen molar-refractivity contribution >= 4 is 29.5 Å². The topological polar surface area (TPSA) is 61.7 Å². The molecule has 0 amide bonds. The maximum absolute atomic E-state index is 11.4. The van der Waals surface area contributed by atoms with Crippen molar-refractivity contribution in [3.63, 3.8) is 0 Å². The highest BCUT2D eigenvalue weighted by Gasteiger charge is 2.22. The molecule has 23 heavy (non-hydrogen) atoms. The Labute approximate surface area is 143 Å². The first-order chi connectivity index (χ1) is 10.8. The Kier molecular flexibility index (Phi) is 6.47. The van der Waals surface area contributed by atoms with Crippen LogP contribution < -0.4 is 15.1 Å². The third-order valence-corrected chi connectivity index (χ3v) is 4.58. The van der Waals surface area contributed by atoms with Crippen molar-refractivity contribution in [3.8, 4) is 0 Å². The Morgan fingerprint density at radius 3 is 2.22 bits per heavy atom. The van der Waals surface area contributed by atoms with E-state index in [1.807, 2.05) is 12.1 Å². The minimum atomic E-state index is -0.248. The lowest BCUT2D eigenvalue weighted by Gasteiger charge is -2.31. The third-order valence-electron chi connectivity index (χ3n) is 4.58. The van der Waals surface area contributed by atoms with Crippen LogP contribution in [0.2, 0.25) is 0 Å². The van der Waals surface area contributed by atoms with E-state index in [0.717, 1.165) is 63.5 Å². The van der Waals surface area contributed by atoms with E-state index in [2.05, 4.69) is 15.1 Å². The van der Waals surface area contributed by atoms with Crippen LogP contribution in [0.4, 0.5) is 17.1 Å². The number of hydrogen-bond donors (Lipinski definition) is 1. The van der Waals surface area contributed by atoms with Crippen molar-refractivity contribution in [3.05, 3.63) is 28.3 Å². The molecule has 0 aromatic heterocycles. The summed E-state index contributed by atoms with van der Waals surface area (Å²) in [7, 11) is 0. The lowest BCUT2D eigenvalue weighted by Crippen LogP contribution is -2.43. The van der Waals surface area contributed by atoms with Gasteiger partial charge in [-0.1, -0.05) is 12.8 Å². The minimum absolute atomic E-state index is 0. The summed E-state index contributed by atoms with van der Waals surface area (Å²) in [6.07, 6.45) is 4.69. The average Bonchev–Trinajstić information content (AvgIpc) is 2.84. The standard InChI is InChI=1S/C16H24N4O2.ClH/c21-20(22)15-6-5-14(18-11-7-17-8-12-18)13-16(15)19-9-3-1-2-4-10-19;/h5-6,13,17H,1-4,7-12H2;1H. The fourth-order valence-corrected chi connectivity index (χ4v) is 3.35. The monoisotopic (exact) mass is 340 g/mol. The predicted octanol–water partition coefficient (Wildman–Crippen LogP) is 2.81. The van der Waals surface area contributed by atoms with E-state index in [0.29, 0.717) is 0 Å². The number of rotatable bonds is 3. The molecule has 1 N–H and O–H groups in total. The lowest BCUT2D eigenvalue weighted by atomic mass is 10.2. The van der Waals surface area contributed by atoms with Gasteiger partial charge in [-0.05, 0) is 25.0 Å². The van der Waals surface area contributed by atoms with E-state index in [1.54, 1.807) is 6.07 Å². The maximum atomic E-state index is 11.4. The number of benzene rings is 1. The Balaban J connectivity index is 0.00000192. The second-order valence-corrected chi connectivity index (χ2v) is 6.07. The van der Waals surface area contributed by atoms with Gasteiger partial charge < -0.3 is 15.1 Å². The van der Waals surface area contributed by atoms with E-state index in [-0.39, 0.29) is 23.0 Å². The van der Waals surface area contributed by atoms with E-state index in [4.69, 9.17) is 0 Å². The van der Waals surface area contributed by atoms with Crippen molar-refractivity contribution in [1.82, 2.24) is 5.32 Å². The molecule has 1 aromatic carbocycles. The van der Waals surface area contributed by atoms with Crippen molar-refractivity contribution in [2.24, 2.45) is 0 Å². The Bertz CT molecular complexity index is 527. The number of piperazine rings is 1. The normalized spacial score (nSPS) is 19.0. The zero-order valence-electron chi connectivity index (χ0n) is 13.4. The summed E-state index contributed by atoms with van der Waals surface area (Å²) in [6, 6.07) is 5.59. The molecule has 0 spiro atoms. The first-order valence-electron chi connectivity index (χ1n) is 8.25. The summed E-state index contributed by atoms with van der Waals surface area (Å²) in [5, 5.41) is 14.7. The molecule has 1 aromatic rings. The number of halogens is 1. The van der Waals surface area contributed by atoms with Crippen LogP contribution in [0.3, 0.4) is 0 Å². The Morgan fingerprint density at radius 2 is 1.61 bits per heavy atom. The second kappa shape index (κ2) is 8.36. The highest BCUT2D eigenvalue weighted by atomic mass is 35.5. The minimum Gasteiger partial charge on any atom is -0.369 e. The molecule has 0 atom stereocenters. The fraction of sp³-hybridized carbons (Fsp3) is 0.625. The summed E-state index contributed by atoms with van der Waals surface area (Å²) >= 11 is 0. The van der Waals surface area contributed by atoms with Gasteiger partial charge in [-0.25, -0.2) is 0 Å². The molecule has 0 aliphatic carbocycles. The van der Waals surface area contributed by atoms with Gasteiger partial charge in [0, 0.05) is 51.0 Å². The highest BCUT2D eigenvalue weighted by molar-refractivity contribution is 5.85. The molecule has 2 fully saturated rings. The van der Waals surface area contributed by atoms with Crippen LogP contribution in [0.1, 0.15) is 25.7 Å². The van der Waals surface area contributed by atoms with Gasteiger partial charge in [0.05, 0.1) is 4.92 Å². The molecule has 0 radical (unpaired) electrons. The molecule has 6 nitrogen and oxygen atoms in total. The predicted molar refractivity (Wildman–Crippen MR) is 96.1 cm³/mol. The summed E-state index contributed by atoms with van der Waals surface area (Å²) in [4.78, 5) is 15.7. The first kappa shape index (κ1) is 17.8. The molecule has 2 saturated heterocycles. The van der Waals surface area contributed by atoms with E-state index < -0.39 is 0 Å². The highest BCUT2D eigenvalue weighted by Crippen LogP contribution is 2.34. The molecule has 7 heteroatoms. The van der Waals surface area contributed by atoms with Gasteiger partial charge in [0.25, 0.3) is 5.69 Å². The fourth-order valence-electron chi connectivity index (χ4n) is 3.35. The summed E-state index contributed by atoms with van der Waals surface area (Å²) in [5.74, 6) is 0. The molecule has 3 rings (SSSR count). The van der Waals surface area contributed by atoms with E-state index in [1.165, 1.54) is 12.8 Å². The zero-order valence-corrected chi connectivity index (χ0v) is 14.2. The van der Waals surface area contributed by atoms with Gasteiger partial charge in [-0.3, -0.25) is 10.1 Å². The molecule has 0 bridgehead atoms. The summed E-state index contributed by atoms with van der Waals surface area (Å²) in [5.41, 5.74) is 2.13. The number of nitrogens with one attached hydrogen (secondary N) is 1. The quantitative estimate of drug-likeness (QED) is 0.677. The molecule has 0 unspecified atom stereocenters. The summed E-state index contributed by atoms with van der Waals surface area (Å²) in [6.45, 7) is 5.69.